The van der Waals surface area contributed by atoms with Gasteiger partial charge in [-0.3, -0.25) is 0 Å². The molecule has 1 aliphatic carbocycles. The maximum Gasteiger partial charge on any atom is 0.261 e. The number of fused-ring (bicyclic) bond motifs is 1. The van der Waals surface area contributed by atoms with Crippen molar-refractivity contribution in [1.29, 1.82) is 0 Å². The SMILES string of the molecule is CCCNC1c2ccc(OC)cc2CCC1OCC(F)F. The molecule has 0 spiro atoms. The molecule has 1 N–H and O–H groups in total. The van der Waals surface area contributed by atoms with Gasteiger partial charge in [-0.1, -0.05) is 13.0 Å². The standard InChI is InChI=1S/C16H23F2NO2/c1-3-8-19-16-13-6-5-12(20-2)9-11(13)4-7-14(16)21-10-15(17)18/h5-6,9,14-16,19H,3-4,7-8,10H2,1-2H3. The van der Waals surface area contributed by atoms with E-state index in [1.165, 1.54) is 5.56 Å². The molecule has 3 nitrogen and oxygen atoms in total. The van der Waals surface area contributed by atoms with E-state index in [0.29, 0.717) is 0 Å². The first-order valence-electron chi connectivity index (χ1n) is 7.45. The summed E-state index contributed by atoms with van der Waals surface area (Å²) in [7, 11) is 1.64. The summed E-state index contributed by atoms with van der Waals surface area (Å²) in [5, 5.41) is 3.43. The highest BCUT2D eigenvalue weighted by atomic mass is 19.3. The molecule has 2 unspecified atom stereocenters. The molecule has 0 radical (unpaired) electrons. The van der Waals surface area contributed by atoms with Gasteiger partial charge in [0.05, 0.1) is 19.3 Å². The summed E-state index contributed by atoms with van der Waals surface area (Å²) in [5.74, 6) is 0.829. The molecule has 1 aromatic carbocycles. The van der Waals surface area contributed by atoms with E-state index in [4.69, 9.17) is 9.47 Å². The van der Waals surface area contributed by atoms with Crippen molar-refractivity contribution in [2.24, 2.45) is 0 Å². The molecule has 1 aromatic rings. The van der Waals surface area contributed by atoms with Crippen LogP contribution in [0.1, 0.15) is 36.9 Å². The Bertz CT molecular complexity index is 454. The van der Waals surface area contributed by atoms with Gasteiger partial charge in [0.2, 0.25) is 0 Å². The van der Waals surface area contributed by atoms with Gasteiger partial charge in [0.15, 0.2) is 0 Å². The van der Waals surface area contributed by atoms with Crippen molar-refractivity contribution >= 4 is 0 Å². The number of halogens is 2. The normalized spacial score (nSPS) is 21.4. The van der Waals surface area contributed by atoms with E-state index in [1.54, 1.807) is 7.11 Å². The summed E-state index contributed by atoms with van der Waals surface area (Å²) in [6, 6.07) is 5.92. The van der Waals surface area contributed by atoms with Crippen LogP contribution in [0.4, 0.5) is 8.78 Å². The fraction of sp³-hybridized carbons (Fsp3) is 0.625. The lowest BCUT2D eigenvalue weighted by Gasteiger charge is -2.34. The first kappa shape index (κ1) is 16.2. The van der Waals surface area contributed by atoms with Crippen LogP contribution in [0.3, 0.4) is 0 Å². The number of nitrogens with one attached hydrogen (secondary N) is 1. The van der Waals surface area contributed by atoms with Crippen LogP contribution in [0.5, 0.6) is 5.75 Å². The van der Waals surface area contributed by atoms with Gasteiger partial charge in [-0.05, 0) is 49.1 Å². The molecule has 21 heavy (non-hydrogen) atoms. The molecule has 0 aliphatic heterocycles. The van der Waals surface area contributed by atoms with Crippen molar-refractivity contribution in [3.05, 3.63) is 29.3 Å². The van der Waals surface area contributed by atoms with Crippen LogP contribution >= 0.6 is 0 Å². The Hall–Kier alpha value is -1.20. The maximum atomic E-state index is 12.4. The minimum Gasteiger partial charge on any atom is -0.497 e. The van der Waals surface area contributed by atoms with Crippen LogP contribution in [-0.4, -0.2) is 32.8 Å². The zero-order valence-electron chi connectivity index (χ0n) is 12.6. The van der Waals surface area contributed by atoms with Crippen LogP contribution in [0.2, 0.25) is 0 Å². The van der Waals surface area contributed by atoms with Crippen molar-refractivity contribution in [2.45, 2.75) is 44.8 Å². The van der Waals surface area contributed by atoms with E-state index in [9.17, 15) is 8.78 Å². The third-order valence-corrected chi connectivity index (χ3v) is 3.81. The van der Waals surface area contributed by atoms with E-state index in [2.05, 4.69) is 12.2 Å². The lowest BCUT2D eigenvalue weighted by atomic mass is 9.85. The molecule has 118 valence electrons. The second-order valence-corrected chi connectivity index (χ2v) is 5.30. The van der Waals surface area contributed by atoms with Crippen LogP contribution in [0, 0.1) is 0 Å². The highest BCUT2D eigenvalue weighted by Crippen LogP contribution is 2.34. The van der Waals surface area contributed by atoms with Gasteiger partial charge in [-0.25, -0.2) is 8.78 Å². The molecular weight excluding hydrogens is 276 g/mol. The van der Waals surface area contributed by atoms with Gasteiger partial charge in [-0.15, -0.1) is 0 Å². The summed E-state index contributed by atoms with van der Waals surface area (Å²) in [4.78, 5) is 0. The van der Waals surface area contributed by atoms with E-state index >= 15 is 0 Å². The van der Waals surface area contributed by atoms with E-state index in [0.717, 1.165) is 37.1 Å². The number of aryl methyl sites for hydroxylation is 1. The Kier molecular flexibility index (Phi) is 5.94. The number of rotatable bonds is 7. The highest BCUT2D eigenvalue weighted by Gasteiger charge is 2.30. The number of alkyl halides is 2. The minimum atomic E-state index is -2.42. The molecule has 0 heterocycles. The molecule has 1 aliphatic rings. The van der Waals surface area contributed by atoms with Crippen molar-refractivity contribution in [3.63, 3.8) is 0 Å². The van der Waals surface area contributed by atoms with Gasteiger partial charge in [-0.2, -0.15) is 0 Å². The third-order valence-electron chi connectivity index (χ3n) is 3.81. The molecule has 0 bridgehead atoms. The molecule has 0 fully saturated rings. The van der Waals surface area contributed by atoms with E-state index in [1.807, 2.05) is 18.2 Å². The molecule has 0 saturated carbocycles. The van der Waals surface area contributed by atoms with Crippen LogP contribution in [0.15, 0.2) is 18.2 Å². The van der Waals surface area contributed by atoms with Gasteiger partial charge in [0, 0.05) is 0 Å². The maximum absolute atomic E-state index is 12.4. The van der Waals surface area contributed by atoms with Crippen molar-refractivity contribution < 1.29 is 18.3 Å². The Morgan fingerprint density at radius 3 is 2.86 bits per heavy atom. The van der Waals surface area contributed by atoms with Gasteiger partial charge < -0.3 is 14.8 Å². The van der Waals surface area contributed by atoms with Crippen molar-refractivity contribution in [3.8, 4) is 5.75 Å². The Labute approximate surface area is 124 Å². The molecule has 2 rings (SSSR count). The van der Waals surface area contributed by atoms with Crippen molar-refractivity contribution in [2.75, 3.05) is 20.3 Å². The second kappa shape index (κ2) is 7.71. The predicted octanol–water partition coefficient (Wildman–Crippen LogP) is 3.33. The summed E-state index contributed by atoms with van der Waals surface area (Å²) >= 11 is 0. The van der Waals surface area contributed by atoms with E-state index in [-0.39, 0.29) is 12.1 Å². The number of methoxy groups -OCH3 is 1. The molecule has 0 amide bonds. The fourth-order valence-electron chi connectivity index (χ4n) is 2.81. The summed E-state index contributed by atoms with van der Waals surface area (Å²) < 4.78 is 35.5. The van der Waals surface area contributed by atoms with Gasteiger partial charge in [0.1, 0.15) is 12.4 Å². The molecule has 2 atom stereocenters. The summed E-state index contributed by atoms with van der Waals surface area (Å²) in [6.45, 7) is 2.42. The minimum absolute atomic E-state index is 0.0293. The van der Waals surface area contributed by atoms with Gasteiger partial charge >= 0.3 is 0 Å². The average Bonchev–Trinajstić information content (AvgIpc) is 2.50. The largest absolute Gasteiger partial charge is 0.497 e. The molecule has 0 saturated heterocycles. The van der Waals surface area contributed by atoms with Crippen molar-refractivity contribution in [1.82, 2.24) is 5.32 Å². The first-order valence-corrected chi connectivity index (χ1v) is 7.45. The second-order valence-electron chi connectivity index (χ2n) is 5.30. The lowest BCUT2D eigenvalue weighted by molar-refractivity contribution is -0.0441. The number of benzene rings is 1. The third kappa shape index (κ3) is 4.14. The topological polar surface area (TPSA) is 30.5 Å². The fourth-order valence-corrected chi connectivity index (χ4v) is 2.81. The molecule has 5 heteroatoms. The zero-order valence-corrected chi connectivity index (χ0v) is 12.6. The first-order chi connectivity index (χ1) is 10.2. The monoisotopic (exact) mass is 299 g/mol. The Morgan fingerprint density at radius 1 is 1.38 bits per heavy atom. The predicted molar refractivity (Wildman–Crippen MR) is 78.1 cm³/mol. The van der Waals surface area contributed by atoms with Crippen LogP contribution < -0.4 is 10.1 Å². The molecular formula is C16H23F2NO2. The zero-order chi connectivity index (χ0) is 15.2. The summed E-state index contributed by atoms with van der Waals surface area (Å²) in [5.41, 5.74) is 2.34. The average molecular weight is 299 g/mol. The Balaban J connectivity index is 2.17. The molecule has 0 aromatic heterocycles. The quantitative estimate of drug-likeness (QED) is 0.837. The lowest BCUT2D eigenvalue weighted by Crippen LogP contribution is -2.38. The smallest absolute Gasteiger partial charge is 0.261 e. The number of hydrogen-bond donors (Lipinski definition) is 1. The number of hydrogen-bond acceptors (Lipinski definition) is 3. The number of ether oxygens (including phenoxy) is 2. The van der Waals surface area contributed by atoms with Gasteiger partial charge in [0.25, 0.3) is 6.43 Å². The highest BCUT2D eigenvalue weighted by molar-refractivity contribution is 5.40. The van der Waals surface area contributed by atoms with Crippen LogP contribution in [-0.2, 0) is 11.2 Å². The summed E-state index contributed by atoms with van der Waals surface area (Å²) in [6.07, 6.45) is -0.0664. The van der Waals surface area contributed by atoms with Crippen LogP contribution in [0.25, 0.3) is 0 Å². The Morgan fingerprint density at radius 2 is 2.19 bits per heavy atom. The van der Waals surface area contributed by atoms with E-state index < -0.39 is 13.0 Å².